The molecule has 3 N–H and O–H groups in total. The molecule has 1 aromatic carbocycles. The summed E-state index contributed by atoms with van der Waals surface area (Å²) in [6.45, 7) is 4.63. The Morgan fingerprint density at radius 2 is 2.10 bits per heavy atom. The molecule has 0 aromatic heterocycles. The molecule has 1 saturated heterocycles. The summed E-state index contributed by atoms with van der Waals surface area (Å²) < 4.78 is 18.8. The molecule has 0 spiro atoms. The molecule has 5 rings (SSSR count). The summed E-state index contributed by atoms with van der Waals surface area (Å²) in [5, 5.41) is 5.98. The highest BCUT2D eigenvalue weighted by atomic mass is 35.5. The number of hydroxylamine groups is 1. The SMILES string of the molecule is CC(C)CC1CC(CNC(=O)C23CC(NC(=O)COc4ccc(Cl)c(F)c4)(C2)C3)ON1. The number of nitrogens with one attached hydrogen (secondary N) is 3. The van der Waals surface area contributed by atoms with Crippen molar-refractivity contribution in [3.8, 4) is 5.75 Å². The molecular formula is C22H29ClFN3O4. The van der Waals surface area contributed by atoms with E-state index in [0.29, 0.717) is 37.8 Å². The van der Waals surface area contributed by atoms with Gasteiger partial charge in [-0.3, -0.25) is 14.4 Å². The zero-order chi connectivity index (χ0) is 22.2. The minimum Gasteiger partial charge on any atom is -0.484 e. The molecule has 4 aliphatic rings. The van der Waals surface area contributed by atoms with E-state index in [0.717, 1.165) is 18.9 Å². The average molecular weight is 454 g/mol. The largest absolute Gasteiger partial charge is 0.484 e. The molecule has 2 unspecified atom stereocenters. The fourth-order valence-corrected chi connectivity index (χ4v) is 5.16. The lowest BCUT2D eigenvalue weighted by Gasteiger charge is -2.69. The summed E-state index contributed by atoms with van der Waals surface area (Å²) in [5.74, 6) is -0.0107. The fraction of sp³-hybridized carbons (Fsp3) is 0.636. The van der Waals surface area contributed by atoms with Crippen molar-refractivity contribution in [2.45, 2.75) is 63.6 Å². The van der Waals surface area contributed by atoms with Crippen LogP contribution in [-0.2, 0) is 14.4 Å². The lowest BCUT2D eigenvalue weighted by atomic mass is 9.39. The van der Waals surface area contributed by atoms with Crippen LogP contribution in [0.5, 0.6) is 5.75 Å². The number of halogens is 2. The summed E-state index contributed by atoms with van der Waals surface area (Å²) in [7, 11) is 0. The minimum absolute atomic E-state index is 0.000347. The monoisotopic (exact) mass is 453 g/mol. The summed E-state index contributed by atoms with van der Waals surface area (Å²) in [5.41, 5.74) is 2.36. The van der Waals surface area contributed by atoms with Gasteiger partial charge in [-0.1, -0.05) is 25.4 Å². The molecule has 9 heteroatoms. The van der Waals surface area contributed by atoms with Crippen LogP contribution in [0.1, 0.15) is 46.0 Å². The van der Waals surface area contributed by atoms with Crippen LogP contribution in [0, 0.1) is 17.2 Å². The lowest BCUT2D eigenvalue weighted by molar-refractivity contribution is -0.184. The number of benzene rings is 1. The van der Waals surface area contributed by atoms with Gasteiger partial charge in [-0.05, 0) is 50.2 Å². The van der Waals surface area contributed by atoms with Crippen molar-refractivity contribution in [3.63, 3.8) is 0 Å². The molecule has 2 atom stereocenters. The molecule has 0 radical (unpaired) electrons. The maximum Gasteiger partial charge on any atom is 0.258 e. The van der Waals surface area contributed by atoms with Crippen LogP contribution in [0.4, 0.5) is 4.39 Å². The maximum absolute atomic E-state index is 13.4. The molecule has 1 aromatic rings. The fourth-order valence-electron chi connectivity index (χ4n) is 5.05. The molecule has 2 bridgehead atoms. The Morgan fingerprint density at radius 3 is 2.77 bits per heavy atom. The van der Waals surface area contributed by atoms with E-state index in [2.05, 4.69) is 30.0 Å². The van der Waals surface area contributed by atoms with Crippen molar-refractivity contribution in [1.82, 2.24) is 16.1 Å². The third-order valence-electron chi connectivity index (χ3n) is 6.37. The molecular weight excluding hydrogens is 425 g/mol. The van der Waals surface area contributed by atoms with Crippen molar-refractivity contribution < 1.29 is 23.6 Å². The second-order valence-corrected chi connectivity index (χ2v) is 10.0. The minimum atomic E-state index is -0.596. The Hall–Kier alpha value is -1.90. The van der Waals surface area contributed by atoms with Crippen LogP contribution >= 0.6 is 11.6 Å². The first kappa shape index (κ1) is 22.3. The Morgan fingerprint density at radius 1 is 1.35 bits per heavy atom. The number of carbonyl (C=O) groups is 2. The lowest BCUT2D eigenvalue weighted by Crippen LogP contribution is -2.78. The predicted octanol–water partition coefficient (Wildman–Crippen LogP) is 2.72. The molecule has 3 saturated carbocycles. The highest BCUT2D eigenvalue weighted by Gasteiger charge is 2.72. The number of rotatable bonds is 9. The van der Waals surface area contributed by atoms with Gasteiger partial charge in [0, 0.05) is 24.2 Å². The van der Waals surface area contributed by atoms with Gasteiger partial charge < -0.3 is 15.4 Å². The van der Waals surface area contributed by atoms with Crippen LogP contribution in [0.25, 0.3) is 0 Å². The maximum atomic E-state index is 13.4. The van der Waals surface area contributed by atoms with E-state index in [1.807, 2.05) is 0 Å². The third-order valence-corrected chi connectivity index (χ3v) is 6.68. The van der Waals surface area contributed by atoms with E-state index in [9.17, 15) is 14.0 Å². The average Bonchev–Trinajstić information content (AvgIpc) is 3.09. The van der Waals surface area contributed by atoms with Gasteiger partial charge >= 0.3 is 0 Å². The number of carbonyl (C=O) groups excluding carboxylic acids is 2. The first-order valence-electron chi connectivity index (χ1n) is 10.8. The van der Waals surface area contributed by atoms with Crippen LogP contribution in [-0.4, -0.2) is 42.7 Å². The quantitative estimate of drug-likeness (QED) is 0.535. The van der Waals surface area contributed by atoms with Crippen molar-refractivity contribution in [3.05, 3.63) is 29.0 Å². The van der Waals surface area contributed by atoms with Gasteiger partial charge in [0.15, 0.2) is 6.61 Å². The first-order chi connectivity index (χ1) is 14.7. The summed E-state index contributed by atoms with van der Waals surface area (Å²) in [6, 6.07) is 4.37. The molecule has 170 valence electrons. The second kappa shape index (κ2) is 8.56. The van der Waals surface area contributed by atoms with Crippen molar-refractivity contribution in [2.24, 2.45) is 11.3 Å². The van der Waals surface area contributed by atoms with Crippen molar-refractivity contribution >= 4 is 23.4 Å². The summed E-state index contributed by atoms with van der Waals surface area (Å²) >= 11 is 5.63. The number of hydrogen-bond acceptors (Lipinski definition) is 5. The van der Waals surface area contributed by atoms with Gasteiger partial charge in [0.05, 0.1) is 16.5 Å². The molecule has 1 heterocycles. The smallest absolute Gasteiger partial charge is 0.258 e. The van der Waals surface area contributed by atoms with Gasteiger partial charge in [0.2, 0.25) is 5.91 Å². The predicted molar refractivity (Wildman–Crippen MR) is 113 cm³/mol. The van der Waals surface area contributed by atoms with Crippen molar-refractivity contribution in [2.75, 3.05) is 13.2 Å². The Labute approximate surface area is 186 Å². The van der Waals surface area contributed by atoms with E-state index >= 15 is 0 Å². The number of hydrogen-bond donors (Lipinski definition) is 3. The van der Waals surface area contributed by atoms with Crippen LogP contribution < -0.4 is 20.9 Å². The first-order valence-corrected chi connectivity index (χ1v) is 11.1. The van der Waals surface area contributed by atoms with Crippen LogP contribution in [0.3, 0.4) is 0 Å². The van der Waals surface area contributed by atoms with Gasteiger partial charge in [-0.15, -0.1) is 0 Å². The van der Waals surface area contributed by atoms with Gasteiger partial charge in [-0.25, -0.2) is 4.39 Å². The van der Waals surface area contributed by atoms with Gasteiger partial charge in [0.25, 0.3) is 5.91 Å². The Balaban J connectivity index is 1.15. The van der Waals surface area contributed by atoms with E-state index in [1.165, 1.54) is 12.1 Å². The molecule has 31 heavy (non-hydrogen) atoms. The molecule has 2 amide bonds. The zero-order valence-corrected chi connectivity index (χ0v) is 18.6. The second-order valence-electron chi connectivity index (χ2n) is 9.63. The van der Waals surface area contributed by atoms with E-state index in [-0.39, 0.29) is 46.3 Å². The molecule has 3 aliphatic carbocycles. The highest BCUT2D eigenvalue weighted by Crippen LogP contribution is 2.67. The molecule has 1 aliphatic heterocycles. The third kappa shape index (κ3) is 4.81. The number of amides is 2. The zero-order valence-electron chi connectivity index (χ0n) is 17.8. The normalized spacial score (nSPS) is 31.0. The Bertz CT molecular complexity index is 845. The Kier molecular flexibility index (Phi) is 6.16. The van der Waals surface area contributed by atoms with E-state index < -0.39 is 5.82 Å². The number of ether oxygens (including phenoxy) is 1. The van der Waals surface area contributed by atoms with Gasteiger partial charge in [0.1, 0.15) is 11.6 Å². The molecule has 4 fully saturated rings. The summed E-state index contributed by atoms with van der Waals surface area (Å²) in [6.07, 6.45) is 3.83. The molecule has 7 nitrogen and oxygen atoms in total. The highest BCUT2D eigenvalue weighted by molar-refractivity contribution is 6.30. The van der Waals surface area contributed by atoms with E-state index in [4.69, 9.17) is 21.2 Å². The van der Waals surface area contributed by atoms with E-state index in [1.54, 1.807) is 0 Å². The standard InChI is InChI=1S/C22H29ClFN3O4/c1-13(2)5-14-6-16(31-27-14)8-25-20(29)21-10-22(11-21,12-21)26-19(28)9-30-15-3-4-17(23)18(24)7-15/h3-4,7,13-14,16,27H,5-6,8-12H2,1-2H3,(H,25,29)(H,26,28). The van der Waals surface area contributed by atoms with Crippen molar-refractivity contribution in [1.29, 1.82) is 0 Å². The van der Waals surface area contributed by atoms with Crippen LogP contribution in [0.15, 0.2) is 18.2 Å². The van der Waals surface area contributed by atoms with Gasteiger partial charge in [-0.2, -0.15) is 5.48 Å². The topological polar surface area (TPSA) is 88.7 Å². The van der Waals surface area contributed by atoms with Crippen LogP contribution in [0.2, 0.25) is 5.02 Å². The summed E-state index contributed by atoms with van der Waals surface area (Å²) in [4.78, 5) is 30.4.